The Hall–Kier alpha value is -14.7. The second-order valence-corrected chi connectivity index (χ2v) is 27.9. The summed E-state index contributed by atoms with van der Waals surface area (Å²) in [6.07, 6.45) is 27.8. The Morgan fingerprint density at radius 2 is 0.712 bits per heavy atom. The fourth-order valence-electron chi connectivity index (χ4n) is 13.9. The van der Waals surface area contributed by atoms with Crippen LogP contribution in [0.5, 0.6) is 11.5 Å². The minimum Gasteiger partial charge on any atom is -0.507 e. The molecule has 0 bridgehead atoms. The number of aromatic amines is 3. The summed E-state index contributed by atoms with van der Waals surface area (Å²) in [5.74, 6) is 1.57. The molecule has 6 radical (unpaired) electrons. The van der Waals surface area contributed by atoms with Gasteiger partial charge < -0.3 is 24.9 Å². The second kappa shape index (κ2) is 52.7. The molecule has 29 heteroatoms. The van der Waals surface area contributed by atoms with Gasteiger partial charge in [0.1, 0.15) is 36.8 Å². The quantitative estimate of drug-likeness (QED) is 0.0428. The first-order valence-corrected chi connectivity index (χ1v) is 40.5. The number of hydrogen-bond acceptors (Lipinski definition) is 19. The van der Waals surface area contributed by atoms with Crippen LogP contribution in [-0.4, -0.2) is 133 Å². The summed E-state index contributed by atoms with van der Waals surface area (Å²) >= 11 is 0. The van der Waals surface area contributed by atoms with Gasteiger partial charge in [-0.3, -0.25) is 55.1 Å². The Bertz CT molecular complexity index is 6180. The first-order valence-electron chi connectivity index (χ1n) is 40.5. The van der Waals surface area contributed by atoms with Crippen molar-refractivity contribution in [3.8, 4) is 113 Å². The molecule has 0 unspecified atom stereocenters. The zero-order valence-corrected chi connectivity index (χ0v) is 80.5. The van der Waals surface area contributed by atoms with Crippen LogP contribution in [0.15, 0.2) is 371 Å². The number of fused-ring (bicyclic) bond motifs is 12. The summed E-state index contributed by atoms with van der Waals surface area (Å²) in [6, 6.07) is 105. The summed E-state index contributed by atoms with van der Waals surface area (Å²) in [4.78, 5) is 57.7. The van der Waals surface area contributed by atoms with Gasteiger partial charge in [-0.2, -0.15) is 20.4 Å². The van der Waals surface area contributed by atoms with Crippen LogP contribution in [0.1, 0.15) is 66.3 Å². The van der Waals surface area contributed by atoms with E-state index in [1.807, 2.05) is 146 Å². The number of hydrogen-bond donors (Lipinski definition) is 5. The number of rotatable bonds is 7. The molecular formula is C103H81BIr4N21O3-5. The van der Waals surface area contributed by atoms with Gasteiger partial charge >= 0.3 is 0 Å². The largest absolute Gasteiger partial charge is 0.507 e. The van der Waals surface area contributed by atoms with E-state index >= 15 is 0 Å². The van der Waals surface area contributed by atoms with Crippen molar-refractivity contribution in [1.82, 2.24) is 100 Å². The molecule has 132 heavy (non-hydrogen) atoms. The van der Waals surface area contributed by atoms with Gasteiger partial charge in [0.15, 0.2) is 6.29 Å². The number of aliphatic imine (C=N–C) groups is 1. The normalized spacial score (nSPS) is 10.5. The number of nitrogens with zero attached hydrogens (tertiary/aromatic N) is 18. The van der Waals surface area contributed by atoms with E-state index in [0.29, 0.717) is 23.5 Å². The van der Waals surface area contributed by atoms with Gasteiger partial charge in [-0.05, 0) is 166 Å². The number of nitrogens with one attached hydrogen (secondary N) is 3. The Morgan fingerprint density at radius 3 is 0.962 bits per heavy atom. The average molecular weight is 2440 g/mol. The van der Waals surface area contributed by atoms with Crippen LogP contribution in [0, 0.1) is 31.2 Å². The maximum Gasteiger partial charge on any atom is 0.264 e. The van der Waals surface area contributed by atoms with Crippen LogP contribution >= 0.6 is 0 Å². The minimum absolute atomic E-state index is 0. The SMILES string of the molecule is CN=Cc1ccccc1O.Cc1n[n-]c(-c2ccccn2)n1.O=Cc1ccccc1O.[B]n1cccn1.[Ir].[Ir].[Ir].[Ir].[c-]1ccccc1-c1ncnc2c1Cc1ccccc1-2.[c-]1ccccc1-c1ncnc2c1Cc1ccccc1-2.[c-]1ccccc1-c1ncnc2c1Cc1ccccc1-2.[c-]1ccccc1-c1ncnc2c1Cc1ccccc1-2.c1cn[nH]c1.c1cn[nH]c1.c1cn[nH]c1. The molecule has 10 aromatic heterocycles. The molecule has 0 aliphatic heterocycles. The van der Waals surface area contributed by atoms with E-state index in [1.54, 1.807) is 138 Å². The second-order valence-electron chi connectivity index (χ2n) is 27.9. The summed E-state index contributed by atoms with van der Waals surface area (Å²) in [5.41, 5.74) is 29.4. The van der Waals surface area contributed by atoms with Crippen LogP contribution in [0.3, 0.4) is 0 Å². The van der Waals surface area contributed by atoms with E-state index in [0.717, 1.165) is 105 Å². The number of aromatic nitrogens is 20. The van der Waals surface area contributed by atoms with Crippen molar-refractivity contribution in [3.05, 3.63) is 452 Å². The summed E-state index contributed by atoms with van der Waals surface area (Å²) in [7, 11) is 6.76. The molecule has 4 aliphatic carbocycles. The van der Waals surface area contributed by atoms with Crippen molar-refractivity contribution in [2.24, 2.45) is 4.99 Å². The van der Waals surface area contributed by atoms with E-state index in [-0.39, 0.29) is 91.9 Å². The van der Waals surface area contributed by atoms with Gasteiger partial charge in [-0.15, -0.1) is 144 Å². The summed E-state index contributed by atoms with van der Waals surface area (Å²) < 4.78 is 1.25. The van der Waals surface area contributed by atoms with Crippen LogP contribution in [0.2, 0.25) is 0 Å². The van der Waals surface area contributed by atoms with Gasteiger partial charge in [0.25, 0.3) is 7.98 Å². The van der Waals surface area contributed by atoms with Crippen LogP contribution < -0.4 is 5.10 Å². The molecule has 0 saturated carbocycles. The zero-order valence-electron chi connectivity index (χ0n) is 70.9. The van der Waals surface area contributed by atoms with Gasteiger partial charge in [-0.25, -0.2) is 19.9 Å². The topological polar surface area (TPSA) is 330 Å². The number of aryl methyl sites for hydroxylation is 1. The third kappa shape index (κ3) is 27.2. The number of carbonyl (C=O) groups is 1. The number of phenols is 2. The molecule has 24 nitrogen and oxygen atoms in total. The first kappa shape index (κ1) is 99.4. The Morgan fingerprint density at radius 1 is 0.379 bits per heavy atom. The molecule has 0 atom stereocenters. The van der Waals surface area contributed by atoms with Crippen molar-refractivity contribution >= 4 is 20.5 Å². The molecule has 10 aromatic carbocycles. The van der Waals surface area contributed by atoms with Gasteiger partial charge in [-0.1, -0.05) is 127 Å². The van der Waals surface area contributed by atoms with Crippen LogP contribution in [0.4, 0.5) is 0 Å². The number of para-hydroxylation sites is 2. The molecular weight excluding hydrogens is 2360 g/mol. The van der Waals surface area contributed by atoms with E-state index in [1.165, 1.54) is 77.4 Å². The Labute approximate surface area is 819 Å². The Kier molecular flexibility index (Phi) is 39.7. The zero-order chi connectivity index (χ0) is 88.1. The van der Waals surface area contributed by atoms with Crippen molar-refractivity contribution in [2.45, 2.75) is 32.6 Å². The van der Waals surface area contributed by atoms with Crippen molar-refractivity contribution < 1.29 is 95.4 Å². The molecule has 660 valence electrons. The molecule has 5 N–H and O–H groups in total. The average Bonchev–Trinajstić information content (AvgIpc) is 1.63. The number of carbonyl (C=O) groups excluding carboxylic acids is 1. The predicted molar refractivity (Wildman–Crippen MR) is 496 cm³/mol. The van der Waals surface area contributed by atoms with E-state index < -0.39 is 0 Å². The fraction of sp³-hybridized carbons (Fsp3) is 0.0583. The molecule has 0 saturated heterocycles. The number of phenolic OH excluding ortho intramolecular Hbond substituents is 2. The van der Waals surface area contributed by atoms with Crippen molar-refractivity contribution in [2.75, 3.05) is 7.05 Å². The Balaban J connectivity index is 0.000000155. The summed E-state index contributed by atoms with van der Waals surface area (Å²) in [5, 5.41) is 47.9. The predicted octanol–water partition coefficient (Wildman–Crippen LogP) is 18.5. The monoisotopic (exact) mass is 2440 g/mol. The number of aromatic hydroxyl groups is 2. The fourth-order valence-corrected chi connectivity index (χ4v) is 13.9. The molecule has 0 fully saturated rings. The van der Waals surface area contributed by atoms with Gasteiger partial charge in [0.05, 0.1) is 34.0 Å². The van der Waals surface area contributed by atoms with Crippen LogP contribution in [0.25, 0.3) is 102 Å². The van der Waals surface area contributed by atoms with E-state index in [2.05, 4.69) is 222 Å². The van der Waals surface area contributed by atoms with E-state index in [9.17, 15) is 4.79 Å². The number of H-pyrrole nitrogens is 3. The molecule has 0 amide bonds. The number of pyridine rings is 1. The molecule has 20 aromatic rings. The third-order valence-corrected chi connectivity index (χ3v) is 19.7. The van der Waals surface area contributed by atoms with Crippen LogP contribution in [-0.2, 0) is 106 Å². The van der Waals surface area contributed by atoms with Crippen molar-refractivity contribution in [1.29, 1.82) is 0 Å². The molecule has 24 rings (SSSR count). The van der Waals surface area contributed by atoms with E-state index in [4.69, 9.17) is 18.2 Å². The maximum absolute atomic E-state index is 10.1. The standard InChI is InChI=1S/4C17H11N2.C8H7N4.C8H9NO.C7H6O2.C3H3BN2.3C3H4N2.4Ir/c4*1-2-6-12(7-3-1)16-15-10-13-8-4-5-9-14(13)17(15)19-11-18-16;1-6-10-8(12-11-6)7-4-2-3-5-9-7;1-9-6-7-4-2-3-5-8(7)10;8-5-6-3-1-2-4-7(6)9;4-6-3-1-2-5-6;3*1-2-4-5-3-1;;;;/h4*1-6,8-9,11H,10H2;2-5H,1H3;2-6,10H,1H3;1-5,9H;1-3H;3*1-3H,(H,4,5);;;;/q5*-1;;;;;;;;;;. The molecule has 4 aliphatic rings. The number of aldehydes is 1. The number of benzene rings is 10. The maximum atomic E-state index is 10.1. The molecule has 10 heterocycles. The smallest absolute Gasteiger partial charge is 0.264 e. The van der Waals surface area contributed by atoms with Gasteiger partial charge in [0.2, 0.25) is 0 Å². The minimum atomic E-state index is 0. The molecule has 0 spiro atoms. The first-order chi connectivity index (χ1) is 63.2. The third-order valence-electron chi connectivity index (χ3n) is 19.7. The summed E-state index contributed by atoms with van der Waals surface area (Å²) in [6.45, 7) is 1.80. The van der Waals surface area contributed by atoms with Gasteiger partial charge in [0, 0.05) is 183 Å². The van der Waals surface area contributed by atoms with Crippen molar-refractivity contribution in [3.63, 3.8) is 0 Å².